The van der Waals surface area contributed by atoms with Gasteiger partial charge >= 0.3 is 0 Å². The summed E-state index contributed by atoms with van der Waals surface area (Å²) in [5.74, 6) is -0.277. The normalized spacial score (nSPS) is 13.1. The van der Waals surface area contributed by atoms with Crippen molar-refractivity contribution in [3.63, 3.8) is 0 Å². The number of anilines is 1. The van der Waals surface area contributed by atoms with Gasteiger partial charge in [0.25, 0.3) is 11.6 Å². The smallest absolute Gasteiger partial charge is 0.293 e. The molecule has 1 saturated carbocycles. The Labute approximate surface area is 161 Å². The van der Waals surface area contributed by atoms with Gasteiger partial charge in [-0.3, -0.25) is 14.9 Å². The average molecular weight is 377 g/mol. The van der Waals surface area contributed by atoms with Gasteiger partial charge in [0.2, 0.25) is 0 Å². The number of aromatic nitrogens is 2. The lowest BCUT2D eigenvalue weighted by Gasteiger charge is -2.08. The van der Waals surface area contributed by atoms with Crippen LogP contribution in [-0.4, -0.2) is 26.7 Å². The molecule has 1 amide bonds. The first kappa shape index (κ1) is 17.7. The van der Waals surface area contributed by atoms with Crippen LogP contribution in [0, 0.1) is 10.1 Å². The van der Waals surface area contributed by atoms with E-state index in [1.54, 1.807) is 23.0 Å². The molecule has 1 heterocycles. The zero-order valence-electron chi connectivity index (χ0n) is 15.0. The van der Waals surface area contributed by atoms with Gasteiger partial charge in [-0.2, -0.15) is 5.10 Å². The number of nitrogens with zero attached hydrogens (tertiary/aromatic N) is 3. The van der Waals surface area contributed by atoms with Crippen LogP contribution in [-0.2, 0) is 6.54 Å². The van der Waals surface area contributed by atoms with E-state index >= 15 is 0 Å². The first-order chi connectivity index (χ1) is 13.6. The molecule has 2 N–H and O–H groups in total. The fourth-order valence-corrected chi connectivity index (χ4v) is 2.84. The third-order valence-corrected chi connectivity index (χ3v) is 4.51. The van der Waals surface area contributed by atoms with E-state index in [0.717, 1.165) is 24.1 Å². The van der Waals surface area contributed by atoms with Crippen LogP contribution in [0.5, 0.6) is 0 Å². The highest BCUT2D eigenvalue weighted by atomic mass is 16.6. The SMILES string of the molecule is O=C(NC1CC1)c1ccc(NCc2cnn(-c3ccccc3)c2)c([N+](=O)[O-])c1. The largest absolute Gasteiger partial charge is 0.375 e. The summed E-state index contributed by atoms with van der Waals surface area (Å²) in [6.07, 6.45) is 5.50. The Bertz CT molecular complexity index is 1010. The minimum Gasteiger partial charge on any atom is -0.375 e. The molecule has 0 saturated heterocycles. The van der Waals surface area contributed by atoms with Crippen LogP contribution in [0.4, 0.5) is 11.4 Å². The first-order valence-electron chi connectivity index (χ1n) is 9.02. The second kappa shape index (κ2) is 7.51. The maximum Gasteiger partial charge on any atom is 0.293 e. The molecule has 0 bridgehead atoms. The van der Waals surface area contributed by atoms with Gasteiger partial charge in [0.1, 0.15) is 5.69 Å². The summed E-state index contributed by atoms with van der Waals surface area (Å²) in [5, 5.41) is 21.7. The lowest BCUT2D eigenvalue weighted by atomic mass is 10.1. The molecule has 0 unspecified atom stereocenters. The Hall–Kier alpha value is -3.68. The van der Waals surface area contributed by atoms with Gasteiger partial charge < -0.3 is 10.6 Å². The maximum atomic E-state index is 12.1. The molecule has 28 heavy (non-hydrogen) atoms. The van der Waals surface area contributed by atoms with E-state index in [2.05, 4.69) is 15.7 Å². The molecule has 8 nitrogen and oxygen atoms in total. The third kappa shape index (κ3) is 4.01. The second-order valence-electron chi connectivity index (χ2n) is 6.72. The number of hydrogen-bond acceptors (Lipinski definition) is 5. The van der Waals surface area contributed by atoms with E-state index in [1.165, 1.54) is 6.07 Å². The monoisotopic (exact) mass is 377 g/mol. The van der Waals surface area contributed by atoms with Crippen molar-refractivity contribution in [3.8, 4) is 5.69 Å². The molecule has 1 aliphatic rings. The first-order valence-corrected chi connectivity index (χ1v) is 9.02. The van der Waals surface area contributed by atoms with Gasteiger partial charge in [0.05, 0.1) is 16.8 Å². The summed E-state index contributed by atoms with van der Waals surface area (Å²) in [4.78, 5) is 23.1. The molecule has 3 aromatic rings. The zero-order valence-corrected chi connectivity index (χ0v) is 15.0. The van der Waals surface area contributed by atoms with Crippen molar-refractivity contribution in [2.24, 2.45) is 0 Å². The molecule has 0 atom stereocenters. The molecule has 4 rings (SSSR count). The predicted octanol–water partition coefficient (Wildman–Crippen LogP) is 3.28. The highest BCUT2D eigenvalue weighted by Gasteiger charge is 2.25. The van der Waals surface area contributed by atoms with E-state index in [4.69, 9.17) is 0 Å². The Balaban J connectivity index is 1.47. The second-order valence-corrected chi connectivity index (χ2v) is 6.72. The van der Waals surface area contributed by atoms with Gasteiger partial charge in [-0.05, 0) is 37.1 Å². The molecular weight excluding hydrogens is 358 g/mol. The van der Waals surface area contributed by atoms with Crippen molar-refractivity contribution in [1.29, 1.82) is 0 Å². The number of benzene rings is 2. The van der Waals surface area contributed by atoms with Gasteiger partial charge in [-0.1, -0.05) is 18.2 Å². The lowest BCUT2D eigenvalue weighted by Crippen LogP contribution is -2.25. The number of amides is 1. The Morgan fingerprint density at radius 2 is 2.00 bits per heavy atom. The molecule has 8 heteroatoms. The van der Waals surface area contributed by atoms with Crippen LogP contribution in [0.15, 0.2) is 60.9 Å². The van der Waals surface area contributed by atoms with E-state index in [1.807, 2.05) is 36.5 Å². The number of nitrogens with one attached hydrogen (secondary N) is 2. The number of nitro groups is 1. The topological polar surface area (TPSA) is 102 Å². The van der Waals surface area contributed by atoms with Crippen molar-refractivity contribution in [2.75, 3.05) is 5.32 Å². The number of rotatable bonds is 7. The van der Waals surface area contributed by atoms with Crippen LogP contribution < -0.4 is 10.6 Å². The Morgan fingerprint density at radius 3 is 2.71 bits per heavy atom. The van der Waals surface area contributed by atoms with Crippen LogP contribution in [0.3, 0.4) is 0 Å². The molecule has 0 aliphatic heterocycles. The highest BCUT2D eigenvalue weighted by Crippen LogP contribution is 2.27. The van der Waals surface area contributed by atoms with Crippen molar-refractivity contribution >= 4 is 17.3 Å². The van der Waals surface area contributed by atoms with Crippen molar-refractivity contribution in [3.05, 3.63) is 82.2 Å². The third-order valence-electron chi connectivity index (χ3n) is 4.51. The number of carbonyl (C=O) groups is 1. The van der Waals surface area contributed by atoms with E-state index in [0.29, 0.717) is 17.8 Å². The lowest BCUT2D eigenvalue weighted by molar-refractivity contribution is -0.384. The number of hydrogen-bond donors (Lipinski definition) is 2. The summed E-state index contributed by atoms with van der Waals surface area (Å²) in [6, 6.07) is 14.4. The molecule has 0 radical (unpaired) electrons. The van der Waals surface area contributed by atoms with Crippen molar-refractivity contribution < 1.29 is 9.72 Å². The molecule has 0 spiro atoms. The van der Waals surface area contributed by atoms with Crippen LogP contribution in [0.25, 0.3) is 5.69 Å². The summed E-state index contributed by atoms with van der Waals surface area (Å²) in [6.45, 7) is 0.376. The fourth-order valence-electron chi connectivity index (χ4n) is 2.84. The van der Waals surface area contributed by atoms with Gasteiger partial charge in [-0.25, -0.2) is 4.68 Å². The maximum absolute atomic E-state index is 12.1. The highest BCUT2D eigenvalue weighted by molar-refractivity contribution is 5.96. The summed E-state index contributed by atoms with van der Waals surface area (Å²) < 4.78 is 1.75. The minimum atomic E-state index is -0.483. The number of carbonyl (C=O) groups excluding carboxylic acids is 1. The predicted molar refractivity (Wildman–Crippen MR) is 104 cm³/mol. The summed E-state index contributed by atoms with van der Waals surface area (Å²) >= 11 is 0. The molecule has 1 aromatic heterocycles. The van der Waals surface area contributed by atoms with E-state index in [9.17, 15) is 14.9 Å². The van der Waals surface area contributed by atoms with Crippen molar-refractivity contribution in [1.82, 2.24) is 15.1 Å². The molecule has 142 valence electrons. The number of para-hydroxylation sites is 1. The van der Waals surface area contributed by atoms with Gasteiger partial charge in [-0.15, -0.1) is 0 Å². The minimum absolute atomic E-state index is 0.126. The quantitative estimate of drug-likeness (QED) is 0.486. The standard InChI is InChI=1S/C20H19N5O3/c26-20(23-16-7-8-16)15-6-9-18(19(10-15)25(27)28)21-11-14-12-22-24(13-14)17-4-2-1-3-5-17/h1-6,9-10,12-13,16,21H,7-8,11H2,(H,23,26). The number of nitro benzene ring substituents is 1. The van der Waals surface area contributed by atoms with Crippen LogP contribution in [0.2, 0.25) is 0 Å². The van der Waals surface area contributed by atoms with Crippen molar-refractivity contribution in [2.45, 2.75) is 25.4 Å². The van der Waals surface area contributed by atoms with E-state index < -0.39 is 4.92 Å². The Kier molecular flexibility index (Phi) is 4.76. The van der Waals surface area contributed by atoms with Gasteiger partial charge in [0.15, 0.2) is 0 Å². The zero-order chi connectivity index (χ0) is 19.5. The van der Waals surface area contributed by atoms with Crippen LogP contribution >= 0.6 is 0 Å². The summed E-state index contributed by atoms with van der Waals surface area (Å²) in [5.41, 5.74) is 2.35. The molecule has 1 aliphatic carbocycles. The molecular formula is C20H19N5O3. The molecule has 1 fully saturated rings. The van der Waals surface area contributed by atoms with Gasteiger partial charge in [0, 0.05) is 36.0 Å². The molecule has 2 aromatic carbocycles. The fraction of sp³-hybridized carbons (Fsp3) is 0.200. The average Bonchev–Trinajstić information content (AvgIpc) is 3.40. The Morgan fingerprint density at radius 1 is 1.21 bits per heavy atom. The van der Waals surface area contributed by atoms with E-state index in [-0.39, 0.29) is 17.6 Å². The summed E-state index contributed by atoms with van der Waals surface area (Å²) in [7, 11) is 0. The van der Waals surface area contributed by atoms with Crippen LogP contribution in [0.1, 0.15) is 28.8 Å².